The number of sulfone groups is 1. The number of likely N-dealkylation sites (tertiary alicyclic amines) is 1. The summed E-state index contributed by atoms with van der Waals surface area (Å²) in [7, 11) is -3.11. The van der Waals surface area contributed by atoms with Crippen molar-refractivity contribution in [1.29, 1.82) is 0 Å². The van der Waals surface area contributed by atoms with Gasteiger partial charge in [-0.3, -0.25) is 4.79 Å². The van der Waals surface area contributed by atoms with E-state index >= 15 is 0 Å². The molecule has 0 N–H and O–H groups in total. The Morgan fingerprint density at radius 3 is 2.67 bits per heavy atom. The first kappa shape index (κ1) is 15.2. The maximum Gasteiger partial charge on any atom is 0.225 e. The van der Waals surface area contributed by atoms with E-state index in [0.29, 0.717) is 0 Å². The van der Waals surface area contributed by atoms with E-state index in [1.165, 1.54) is 5.41 Å². The van der Waals surface area contributed by atoms with Crippen molar-refractivity contribution in [2.45, 2.75) is 46.1 Å². The molecule has 4 nitrogen and oxygen atoms in total. The quantitative estimate of drug-likeness (QED) is 0.769. The lowest BCUT2D eigenvalue weighted by Gasteiger charge is -2.35. The third-order valence-corrected chi connectivity index (χ3v) is 4.85. The van der Waals surface area contributed by atoms with Crippen LogP contribution in [0.5, 0.6) is 0 Å². The third kappa shape index (κ3) is 3.83. The number of rotatable bonds is 5. The van der Waals surface area contributed by atoms with Crippen molar-refractivity contribution in [1.82, 2.24) is 4.90 Å². The smallest absolute Gasteiger partial charge is 0.225 e. The van der Waals surface area contributed by atoms with Gasteiger partial charge in [0, 0.05) is 17.9 Å². The van der Waals surface area contributed by atoms with E-state index in [-0.39, 0.29) is 23.6 Å². The highest BCUT2D eigenvalue weighted by atomic mass is 32.2. The number of piperidine rings is 1. The van der Waals surface area contributed by atoms with E-state index in [1.807, 2.05) is 18.7 Å². The summed E-state index contributed by atoms with van der Waals surface area (Å²) >= 11 is 0. The van der Waals surface area contributed by atoms with Crippen LogP contribution in [-0.2, 0) is 14.6 Å². The van der Waals surface area contributed by atoms with Gasteiger partial charge >= 0.3 is 0 Å². The van der Waals surface area contributed by atoms with Gasteiger partial charge in [-0.2, -0.15) is 0 Å². The summed E-state index contributed by atoms with van der Waals surface area (Å²) in [5.41, 5.74) is 0. The minimum absolute atomic E-state index is 0.0592. The maximum atomic E-state index is 12.1. The second kappa shape index (κ2) is 6.36. The van der Waals surface area contributed by atoms with Crippen LogP contribution in [0.2, 0.25) is 0 Å². The van der Waals surface area contributed by atoms with Gasteiger partial charge in [0.15, 0.2) is 9.84 Å². The molecule has 2 atom stereocenters. The fourth-order valence-corrected chi connectivity index (χ4v) is 2.79. The van der Waals surface area contributed by atoms with E-state index in [0.717, 1.165) is 25.8 Å². The molecule has 104 valence electrons. The molecule has 1 amide bonds. The fourth-order valence-electron chi connectivity index (χ4n) is 2.18. The first-order valence-corrected chi connectivity index (χ1v) is 8.34. The van der Waals surface area contributed by atoms with Crippen LogP contribution in [0.4, 0.5) is 0 Å². The first-order valence-electron chi connectivity index (χ1n) is 6.62. The van der Waals surface area contributed by atoms with Crippen LogP contribution >= 0.6 is 0 Å². The molecule has 1 rings (SSSR count). The Balaban J connectivity index is 2.80. The van der Waals surface area contributed by atoms with Gasteiger partial charge in [0.25, 0.3) is 0 Å². The summed E-state index contributed by atoms with van der Waals surface area (Å²) in [4.78, 5) is 13.9. The summed E-state index contributed by atoms with van der Waals surface area (Å²) in [5, 5.41) is 1.26. The maximum absolute atomic E-state index is 12.1. The van der Waals surface area contributed by atoms with Crippen molar-refractivity contribution >= 4 is 15.7 Å². The Morgan fingerprint density at radius 1 is 1.44 bits per heavy atom. The molecule has 0 aliphatic carbocycles. The number of hydrogen-bond acceptors (Lipinski definition) is 3. The number of carbonyl (C=O) groups is 1. The monoisotopic (exact) mass is 273 g/mol. The zero-order valence-electron chi connectivity index (χ0n) is 11.4. The molecular formula is C13H23NO3S. The van der Waals surface area contributed by atoms with Gasteiger partial charge in [-0.15, -0.1) is 0 Å². The number of nitrogens with zero attached hydrogens (tertiary/aromatic N) is 1. The van der Waals surface area contributed by atoms with E-state index < -0.39 is 9.84 Å². The Kier molecular flexibility index (Phi) is 5.38. The Hall–Kier alpha value is -0.840. The van der Waals surface area contributed by atoms with E-state index in [4.69, 9.17) is 0 Å². The van der Waals surface area contributed by atoms with Crippen LogP contribution in [-0.4, -0.2) is 37.6 Å². The summed E-state index contributed by atoms with van der Waals surface area (Å²) < 4.78 is 22.9. The summed E-state index contributed by atoms with van der Waals surface area (Å²) in [6, 6.07) is -0.0958. The molecule has 1 aliphatic heterocycles. The second-order valence-corrected chi connectivity index (χ2v) is 7.01. The van der Waals surface area contributed by atoms with Gasteiger partial charge in [-0.1, -0.05) is 26.8 Å². The molecular weight excluding hydrogens is 250 g/mol. The van der Waals surface area contributed by atoms with Crippen molar-refractivity contribution in [2.75, 3.05) is 12.3 Å². The minimum Gasteiger partial charge on any atom is -0.336 e. The second-order valence-electron chi connectivity index (χ2n) is 4.83. The minimum atomic E-state index is -3.11. The predicted octanol–water partition coefficient (Wildman–Crippen LogP) is 1.97. The highest BCUT2D eigenvalue weighted by molar-refractivity contribution is 7.94. The molecule has 1 saturated heterocycles. The van der Waals surface area contributed by atoms with Crippen molar-refractivity contribution in [2.24, 2.45) is 5.92 Å². The highest BCUT2D eigenvalue weighted by Gasteiger charge is 2.28. The van der Waals surface area contributed by atoms with E-state index in [2.05, 4.69) is 0 Å². The molecule has 0 radical (unpaired) electrons. The van der Waals surface area contributed by atoms with Crippen molar-refractivity contribution in [3.05, 3.63) is 11.5 Å². The first-order chi connectivity index (χ1) is 8.41. The number of amides is 1. The molecule has 1 aliphatic rings. The largest absolute Gasteiger partial charge is 0.336 e. The van der Waals surface area contributed by atoms with Gasteiger partial charge in [-0.25, -0.2) is 8.42 Å². The number of hydrogen-bond donors (Lipinski definition) is 0. The standard InChI is InChI=1S/C13H23NO3S/c1-4-12(8-10-18(16,17)5-2)14-9-6-7-11(3)13(14)15/h8,10-12H,4-7,9H2,1-3H3/b10-8+/t11?,12-/m0/s1. The lowest BCUT2D eigenvalue weighted by molar-refractivity contribution is -0.139. The van der Waals surface area contributed by atoms with Gasteiger partial charge in [0.2, 0.25) is 5.91 Å². The van der Waals surface area contributed by atoms with Crippen LogP contribution < -0.4 is 0 Å². The van der Waals surface area contributed by atoms with E-state index in [1.54, 1.807) is 13.0 Å². The molecule has 0 bridgehead atoms. The molecule has 0 spiro atoms. The lowest BCUT2D eigenvalue weighted by atomic mass is 9.97. The summed E-state index contributed by atoms with van der Waals surface area (Å²) in [6.45, 7) is 6.26. The van der Waals surface area contributed by atoms with Gasteiger partial charge in [0.05, 0.1) is 11.8 Å². The third-order valence-electron chi connectivity index (χ3n) is 3.47. The van der Waals surface area contributed by atoms with Crippen LogP contribution in [0.1, 0.15) is 40.0 Å². The molecule has 1 heterocycles. The SMILES string of the molecule is CC[C@@H](/C=C/S(=O)(=O)CC)N1CCCC(C)C1=O. The summed E-state index contributed by atoms with van der Waals surface area (Å²) in [6.07, 6.45) is 4.34. The van der Waals surface area contributed by atoms with Gasteiger partial charge in [0.1, 0.15) is 0 Å². The fraction of sp³-hybridized carbons (Fsp3) is 0.769. The molecule has 0 aromatic rings. The number of carbonyl (C=O) groups excluding carboxylic acids is 1. The van der Waals surface area contributed by atoms with Crippen molar-refractivity contribution in [3.63, 3.8) is 0 Å². The van der Waals surface area contributed by atoms with Crippen LogP contribution in [0.15, 0.2) is 11.5 Å². The Morgan fingerprint density at radius 2 is 2.11 bits per heavy atom. The summed E-state index contributed by atoms with van der Waals surface area (Å²) in [5.74, 6) is 0.306. The lowest BCUT2D eigenvalue weighted by Crippen LogP contribution is -2.45. The van der Waals surface area contributed by atoms with Crippen LogP contribution in [0.25, 0.3) is 0 Å². The zero-order valence-corrected chi connectivity index (χ0v) is 12.2. The molecule has 0 aromatic carbocycles. The molecule has 1 fully saturated rings. The topological polar surface area (TPSA) is 54.5 Å². The average Bonchev–Trinajstić information content (AvgIpc) is 2.35. The van der Waals surface area contributed by atoms with E-state index in [9.17, 15) is 13.2 Å². The predicted molar refractivity (Wildman–Crippen MR) is 72.8 cm³/mol. The van der Waals surface area contributed by atoms with Gasteiger partial charge in [-0.05, 0) is 19.3 Å². The van der Waals surface area contributed by atoms with Crippen LogP contribution in [0, 0.1) is 5.92 Å². The Labute approximate surface area is 110 Å². The molecule has 5 heteroatoms. The van der Waals surface area contributed by atoms with Crippen molar-refractivity contribution < 1.29 is 13.2 Å². The highest BCUT2D eigenvalue weighted by Crippen LogP contribution is 2.21. The molecule has 0 aromatic heterocycles. The normalized spacial score (nSPS) is 23.6. The molecule has 1 unspecified atom stereocenters. The molecule has 0 saturated carbocycles. The van der Waals surface area contributed by atoms with Crippen molar-refractivity contribution in [3.8, 4) is 0 Å². The van der Waals surface area contributed by atoms with Gasteiger partial charge < -0.3 is 4.90 Å². The molecule has 18 heavy (non-hydrogen) atoms. The zero-order chi connectivity index (χ0) is 13.8. The van der Waals surface area contributed by atoms with Crippen LogP contribution in [0.3, 0.4) is 0 Å². The average molecular weight is 273 g/mol. The Bertz CT molecular complexity index is 414.